The van der Waals surface area contributed by atoms with E-state index in [-0.39, 0.29) is 6.54 Å². The van der Waals surface area contributed by atoms with Gasteiger partial charge in [-0.05, 0) is 19.8 Å². The van der Waals surface area contributed by atoms with Gasteiger partial charge in [0, 0.05) is 0 Å². The van der Waals surface area contributed by atoms with E-state index in [9.17, 15) is 14.4 Å². The van der Waals surface area contributed by atoms with Crippen molar-refractivity contribution in [2.45, 2.75) is 44.2 Å². The minimum atomic E-state index is -1.11. The molecule has 0 aromatic carbocycles. The first-order valence-electron chi connectivity index (χ1n) is 5.96. The highest BCUT2D eigenvalue weighted by molar-refractivity contribution is 5.94. The Balaban J connectivity index is 2.75. The number of carboxylic acid groups (broad SMARTS) is 1. The fourth-order valence-corrected chi connectivity index (χ4v) is 2.10. The Hall–Kier alpha value is -1.63. The average Bonchev–Trinajstić information content (AvgIpc) is 2.78. The van der Waals surface area contributed by atoms with Crippen LogP contribution >= 0.6 is 0 Å². The summed E-state index contributed by atoms with van der Waals surface area (Å²) >= 11 is 0. The molecule has 7 heteroatoms. The highest BCUT2D eigenvalue weighted by atomic mass is 16.4. The Labute approximate surface area is 105 Å². The maximum Gasteiger partial charge on any atom is 0.325 e. The zero-order valence-corrected chi connectivity index (χ0v) is 10.4. The number of carbonyl (C=O) groups excluding carboxylic acids is 2. The molecular weight excluding hydrogens is 238 g/mol. The van der Waals surface area contributed by atoms with Crippen LogP contribution in [0.4, 0.5) is 0 Å². The first-order chi connectivity index (χ1) is 8.41. The molecular formula is C11H19N3O4. The number of amides is 2. The Kier molecular flexibility index (Phi) is 4.66. The normalized spacial score (nSPS) is 19.0. The number of hydrogen-bond acceptors (Lipinski definition) is 4. The number of rotatable bonds is 5. The van der Waals surface area contributed by atoms with Crippen LogP contribution < -0.4 is 16.4 Å². The third-order valence-electron chi connectivity index (χ3n) is 3.17. The molecule has 1 atom stereocenters. The highest BCUT2D eigenvalue weighted by Gasteiger charge is 2.42. The van der Waals surface area contributed by atoms with E-state index in [2.05, 4.69) is 10.6 Å². The Morgan fingerprint density at radius 2 is 1.89 bits per heavy atom. The lowest BCUT2D eigenvalue weighted by atomic mass is 9.95. The summed E-state index contributed by atoms with van der Waals surface area (Å²) in [4.78, 5) is 34.2. The second-order valence-electron chi connectivity index (χ2n) is 4.57. The van der Waals surface area contributed by atoms with E-state index in [1.807, 2.05) is 0 Å². The highest BCUT2D eigenvalue weighted by Crippen LogP contribution is 2.30. The molecule has 1 rings (SSSR count). The molecule has 0 aromatic heterocycles. The SMILES string of the molecule is C[C@H](NC(=O)C1(NC(=O)CN)CCCC1)C(=O)O. The molecule has 0 spiro atoms. The van der Waals surface area contributed by atoms with Crippen LogP contribution in [0, 0.1) is 0 Å². The Morgan fingerprint density at radius 3 is 2.33 bits per heavy atom. The van der Waals surface area contributed by atoms with Gasteiger partial charge in [0.1, 0.15) is 11.6 Å². The fraction of sp³-hybridized carbons (Fsp3) is 0.727. The van der Waals surface area contributed by atoms with Crippen molar-refractivity contribution >= 4 is 17.8 Å². The first kappa shape index (κ1) is 14.4. The lowest BCUT2D eigenvalue weighted by molar-refractivity contribution is -0.142. The van der Waals surface area contributed by atoms with Crippen molar-refractivity contribution in [3.63, 3.8) is 0 Å². The molecule has 0 saturated heterocycles. The summed E-state index contributed by atoms with van der Waals surface area (Å²) in [7, 11) is 0. The summed E-state index contributed by atoms with van der Waals surface area (Å²) in [5.74, 6) is -1.96. The summed E-state index contributed by atoms with van der Waals surface area (Å²) in [6.07, 6.45) is 2.66. The molecule has 0 bridgehead atoms. The van der Waals surface area contributed by atoms with Crippen molar-refractivity contribution in [1.82, 2.24) is 10.6 Å². The van der Waals surface area contributed by atoms with Crippen LogP contribution in [0.1, 0.15) is 32.6 Å². The van der Waals surface area contributed by atoms with Gasteiger partial charge in [0.15, 0.2) is 0 Å². The van der Waals surface area contributed by atoms with Gasteiger partial charge in [0.2, 0.25) is 11.8 Å². The smallest absolute Gasteiger partial charge is 0.325 e. The number of carbonyl (C=O) groups is 3. The number of nitrogens with two attached hydrogens (primary N) is 1. The number of hydrogen-bond donors (Lipinski definition) is 4. The van der Waals surface area contributed by atoms with E-state index in [4.69, 9.17) is 10.8 Å². The Morgan fingerprint density at radius 1 is 1.33 bits per heavy atom. The van der Waals surface area contributed by atoms with Crippen molar-refractivity contribution in [3.05, 3.63) is 0 Å². The van der Waals surface area contributed by atoms with Crippen LogP contribution in [-0.2, 0) is 14.4 Å². The molecule has 0 aliphatic heterocycles. The van der Waals surface area contributed by atoms with Gasteiger partial charge in [0.05, 0.1) is 6.54 Å². The molecule has 0 heterocycles. The monoisotopic (exact) mass is 257 g/mol. The van der Waals surface area contributed by atoms with Crippen LogP contribution in [0.5, 0.6) is 0 Å². The second kappa shape index (κ2) is 5.81. The molecule has 0 radical (unpaired) electrons. The number of carboxylic acids is 1. The molecule has 1 saturated carbocycles. The number of aliphatic carboxylic acids is 1. The predicted molar refractivity (Wildman–Crippen MR) is 63.6 cm³/mol. The largest absolute Gasteiger partial charge is 0.480 e. The minimum Gasteiger partial charge on any atom is -0.480 e. The summed E-state index contributed by atoms with van der Waals surface area (Å²) in [5, 5.41) is 13.8. The third-order valence-corrected chi connectivity index (χ3v) is 3.17. The summed E-state index contributed by atoms with van der Waals surface area (Å²) in [6.45, 7) is 1.19. The third kappa shape index (κ3) is 3.19. The standard InChI is InChI=1S/C11H19N3O4/c1-7(9(16)17)13-10(18)11(4-2-3-5-11)14-8(15)6-12/h7H,2-6,12H2,1H3,(H,13,18)(H,14,15)(H,16,17)/t7-/m0/s1. The summed E-state index contributed by atoms with van der Waals surface area (Å²) < 4.78 is 0. The number of nitrogens with one attached hydrogen (secondary N) is 2. The van der Waals surface area contributed by atoms with E-state index in [1.54, 1.807) is 0 Å². The van der Waals surface area contributed by atoms with Crippen LogP contribution in [0.25, 0.3) is 0 Å². The molecule has 2 amide bonds. The Bertz CT molecular complexity index is 350. The van der Waals surface area contributed by atoms with Gasteiger partial charge in [-0.1, -0.05) is 12.8 Å². The quantitative estimate of drug-likeness (QED) is 0.501. The maximum atomic E-state index is 12.1. The van der Waals surface area contributed by atoms with Gasteiger partial charge >= 0.3 is 5.97 Å². The van der Waals surface area contributed by atoms with Gasteiger partial charge in [0.25, 0.3) is 0 Å². The zero-order chi connectivity index (χ0) is 13.8. The average molecular weight is 257 g/mol. The predicted octanol–water partition coefficient (Wildman–Crippen LogP) is -1.04. The van der Waals surface area contributed by atoms with Gasteiger partial charge < -0.3 is 21.5 Å². The molecule has 0 aromatic rings. The maximum absolute atomic E-state index is 12.1. The zero-order valence-electron chi connectivity index (χ0n) is 10.4. The first-order valence-corrected chi connectivity index (χ1v) is 5.96. The van der Waals surface area contributed by atoms with Gasteiger partial charge in [-0.3, -0.25) is 14.4 Å². The lowest BCUT2D eigenvalue weighted by Gasteiger charge is -2.29. The van der Waals surface area contributed by atoms with E-state index in [0.717, 1.165) is 12.8 Å². The molecule has 0 unspecified atom stereocenters. The van der Waals surface area contributed by atoms with Gasteiger partial charge in [-0.25, -0.2) is 0 Å². The topological polar surface area (TPSA) is 122 Å². The van der Waals surface area contributed by atoms with Crippen LogP contribution in [0.2, 0.25) is 0 Å². The molecule has 5 N–H and O–H groups in total. The lowest BCUT2D eigenvalue weighted by Crippen LogP contribution is -2.60. The molecule has 1 aliphatic rings. The van der Waals surface area contributed by atoms with Crippen molar-refractivity contribution in [2.24, 2.45) is 5.73 Å². The van der Waals surface area contributed by atoms with E-state index < -0.39 is 29.4 Å². The fourth-order valence-electron chi connectivity index (χ4n) is 2.10. The molecule has 1 aliphatic carbocycles. The van der Waals surface area contributed by atoms with Crippen LogP contribution in [-0.4, -0.2) is 41.0 Å². The second-order valence-corrected chi connectivity index (χ2v) is 4.57. The van der Waals surface area contributed by atoms with Crippen LogP contribution in [0.3, 0.4) is 0 Å². The van der Waals surface area contributed by atoms with Crippen molar-refractivity contribution in [3.8, 4) is 0 Å². The summed E-state index contributed by atoms with van der Waals surface area (Å²) in [6, 6.07) is -0.982. The van der Waals surface area contributed by atoms with Crippen molar-refractivity contribution in [2.75, 3.05) is 6.54 Å². The van der Waals surface area contributed by atoms with E-state index in [1.165, 1.54) is 6.92 Å². The molecule has 18 heavy (non-hydrogen) atoms. The van der Waals surface area contributed by atoms with Crippen LogP contribution in [0.15, 0.2) is 0 Å². The van der Waals surface area contributed by atoms with Crippen molar-refractivity contribution in [1.29, 1.82) is 0 Å². The van der Waals surface area contributed by atoms with Crippen molar-refractivity contribution < 1.29 is 19.5 Å². The van der Waals surface area contributed by atoms with E-state index in [0.29, 0.717) is 12.8 Å². The van der Waals surface area contributed by atoms with Gasteiger partial charge in [-0.2, -0.15) is 0 Å². The minimum absolute atomic E-state index is 0.191. The van der Waals surface area contributed by atoms with E-state index >= 15 is 0 Å². The molecule has 1 fully saturated rings. The van der Waals surface area contributed by atoms with Gasteiger partial charge in [-0.15, -0.1) is 0 Å². The molecule has 102 valence electrons. The molecule has 7 nitrogen and oxygen atoms in total. The summed E-state index contributed by atoms with van der Waals surface area (Å²) in [5.41, 5.74) is 4.22.